The Kier molecular flexibility index (Phi) is 63.8. The van der Waals surface area contributed by atoms with Gasteiger partial charge in [0.15, 0.2) is 6.10 Å². The molecule has 0 amide bonds. The van der Waals surface area contributed by atoms with Crippen LogP contribution in [0.5, 0.6) is 0 Å². The largest absolute Gasteiger partial charge is 0.462 e. The lowest BCUT2D eigenvalue weighted by molar-refractivity contribution is -0.167. The van der Waals surface area contributed by atoms with Crippen molar-refractivity contribution in [3.8, 4) is 0 Å². The molecule has 0 saturated heterocycles. The molecule has 0 aliphatic rings. The molecule has 0 fully saturated rings. The molecule has 0 heterocycles. The Labute approximate surface area is 494 Å². The van der Waals surface area contributed by atoms with Gasteiger partial charge < -0.3 is 14.2 Å². The second-order valence-electron chi connectivity index (χ2n) is 22.0. The SMILES string of the molecule is CC/C=C\C/C=C\C/C=C\C/C=C\C/C=C\C/C=C\C/C=C\C/C=C\C/C=C\CCCC(=O)OCC(COC(=O)CCCCCCC/C=C\CCCCCC)OC(=O)CCCCCCCCCCCCCCCCCCCCCC. The number of allylic oxidation sites excluding steroid dienone is 20. The first kappa shape index (κ1) is 75.8. The van der Waals surface area contributed by atoms with Gasteiger partial charge in [0.2, 0.25) is 0 Å². The standard InChI is InChI=1S/C74H124O6/c1-4-7-10-13-16-19-22-25-27-29-31-33-34-35-36-37-38-39-40-41-43-44-46-49-52-55-58-61-64-67-73(76)79-70-71(69-78-72(75)66-63-60-57-54-51-48-24-21-18-15-12-9-6-3)80-74(77)68-65-62-59-56-53-50-47-45-42-32-30-28-26-23-20-17-14-11-8-5-2/h7,10,16,19,21,24-25,27,31,33,35-36,38-39,41,43,46,49,55,58,71H,4-6,8-9,11-15,17-18,20,22-23,26,28-30,32,34,37,40,42,44-45,47-48,50-54,56-57,59-70H2,1-3H3/b10-7-,19-16-,24-21-,27-25-,33-31-,36-35-,39-38-,43-41-,49-46-,58-55-. The van der Waals surface area contributed by atoms with E-state index in [1.807, 2.05) is 0 Å². The van der Waals surface area contributed by atoms with Crippen molar-refractivity contribution >= 4 is 17.9 Å². The summed E-state index contributed by atoms with van der Waals surface area (Å²) >= 11 is 0. The van der Waals surface area contributed by atoms with E-state index in [0.717, 1.165) is 116 Å². The van der Waals surface area contributed by atoms with Crippen LogP contribution in [0.25, 0.3) is 0 Å². The third kappa shape index (κ3) is 64.6. The summed E-state index contributed by atoms with van der Waals surface area (Å²) < 4.78 is 16.9. The monoisotopic (exact) mass is 1110 g/mol. The van der Waals surface area contributed by atoms with E-state index in [4.69, 9.17) is 14.2 Å². The zero-order chi connectivity index (χ0) is 57.8. The van der Waals surface area contributed by atoms with Crippen LogP contribution in [-0.2, 0) is 28.6 Å². The van der Waals surface area contributed by atoms with Gasteiger partial charge in [0.25, 0.3) is 0 Å². The summed E-state index contributed by atoms with van der Waals surface area (Å²) in [5.41, 5.74) is 0. The number of unbranched alkanes of at least 4 members (excludes halogenated alkanes) is 29. The molecular formula is C74H124O6. The Balaban J connectivity index is 4.42. The van der Waals surface area contributed by atoms with Crippen molar-refractivity contribution in [1.29, 1.82) is 0 Å². The molecule has 0 bridgehead atoms. The van der Waals surface area contributed by atoms with Crippen molar-refractivity contribution in [1.82, 2.24) is 0 Å². The molecule has 0 spiro atoms. The summed E-state index contributed by atoms with van der Waals surface area (Å²) in [6, 6.07) is 0. The van der Waals surface area contributed by atoms with Crippen molar-refractivity contribution in [2.24, 2.45) is 0 Å². The van der Waals surface area contributed by atoms with Crippen molar-refractivity contribution in [2.75, 3.05) is 13.2 Å². The van der Waals surface area contributed by atoms with Gasteiger partial charge in [0.05, 0.1) is 0 Å². The zero-order valence-corrected chi connectivity index (χ0v) is 52.3. The molecule has 0 radical (unpaired) electrons. The molecule has 0 aliphatic heterocycles. The summed E-state index contributed by atoms with van der Waals surface area (Å²) in [5, 5.41) is 0. The number of carbonyl (C=O) groups excluding carboxylic acids is 3. The molecule has 0 N–H and O–H groups in total. The number of carbonyl (C=O) groups is 3. The van der Waals surface area contributed by atoms with Crippen LogP contribution >= 0.6 is 0 Å². The minimum Gasteiger partial charge on any atom is -0.462 e. The Morgan fingerprint density at radius 3 is 0.838 bits per heavy atom. The fraction of sp³-hybridized carbons (Fsp3) is 0.689. The number of ether oxygens (including phenoxy) is 3. The number of hydrogen-bond acceptors (Lipinski definition) is 6. The highest BCUT2D eigenvalue weighted by molar-refractivity contribution is 5.71. The van der Waals surface area contributed by atoms with E-state index < -0.39 is 6.10 Å². The molecule has 0 aliphatic carbocycles. The van der Waals surface area contributed by atoms with Gasteiger partial charge >= 0.3 is 17.9 Å². The molecule has 456 valence electrons. The predicted molar refractivity (Wildman–Crippen MR) is 348 cm³/mol. The Bertz CT molecular complexity index is 1650. The molecule has 1 atom stereocenters. The smallest absolute Gasteiger partial charge is 0.306 e. The first-order chi connectivity index (χ1) is 39.5. The van der Waals surface area contributed by atoms with Gasteiger partial charge in [0, 0.05) is 19.3 Å². The summed E-state index contributed by atoms with van der Waals surface area (Å²) in [7, 11) is 0. The molecule has 6 nitrogen and oxygen atoms in total. The van der Waals surface area contributed by atoms with Crippen LogP contribution in [0.15, 0.2) is 122 Å². The second-order valence-corrected chi connectivity index (χ2v) is 22.0. The molecule has 6 heteroatoms. The lowest BCUT2D eigenvalue weighted by Crippen LogP contribution is -2.30. The third-order valence-electron chi connectivity index (χ3n) is 14.2. The molecule has 0 aromatic rings. The second kappa shape index (κ2) is 67.3. The fourth-order valence-corrected chi connectivity index (χ4v) is 9.21. The number of rotatable bonds is 60. The minimum atomic E-state index is -0.807. The Morgan fingerprint density at radius 2 is 0.500 bits per heavy atom. The molecule has 0 rings (SSSR count). The molecule has 0 aromatic carbocycles. The molecule has 0 aromatic heterocycles. The first-order valence-corrected chi connectivity index (χ1v) is 33.5. The van der Waals surface area contributed by atoms with E-state index in [1.54, 1.807) is 0 Å². The van der Waals surface area contributed by atoms with E-state index in [9.17, 15) is 14.4 Å². The maximum atomic E-state index is 12.9. The zero-order valence-electron chi connectivity index (χ0n) is 52.3. The minimum absolute atomic E-state index is 0.0998. The normalized spacial score (nSPS) is 12.9. The highest BCUT2D eigenvalue weighted by Gasteiger charge is 2.19. The van der Waals surface area contributed by atoms with Crippen molar-refractivity contribution < 1.29 is 28.6 Å². The van der Waals surface area contributed by atoms with Crippen LogP contribution in [0, 0.1) is 0 Å². The summed E-state index contributed by atoms with van der Waals surface area (Å²) in [5.74, 6) is -0.961. The number of hydrogen-bond donors (Lipinski definition) is 0. The molecular weight excluding hydrogens is 985 g/mol. The van der Waals surface area contributed by atoms with E-state index in [1.165, 1.54) is 148 Å². The van der Waals surface area contributed by atoms with Crippen LogP contribution in [0.1, 0.15) is 310 Å². The number of esters is 3. The summed E-state index contributed by atoms with van der Waals surface area (Å²) in [6.07, 6.45) is 93.6. The van der Waals surface area contributed by atoms with Gasteiger partial charge in [-0.15, -0.1) is 0 Å². The Morgan fingerprint density at radius 1 is 0.263 bits per heavy atom. The van der Waals surface area contributed by atoms with E-state index in [0.29, 0.717) is 19.3 Å². The fourth-order valence-electron chi connectivity index (χ4n) is 9.21. The molecule has 80 heavy (non-hydrogen) atoms. The van der Waals surface area contributed by atoms with Gasteiger partial charge in [-0.25, -0.2) is 0 Å². The van der Waals surface area contributed by atoms with E-state index >= 15 is 0 Å². The van der Waals surface area contributed by atoms with Crippen molar-refractivity contribution in [3.05, 3.63) is 122 Å². The highest BCUT2D eigenvalue weighted by atomic mass is 16.6. The lowest BCUT2D eigenvalue weighted by atomic mass is 10.0. The molecule has 0 saturated carbocycles. The topological polar surface area (TPSA) is 78.9 Å². The average Bonchev–Trinajstić information content (AvgIpc) is 3.46. The van der Waals surface area contributed by atoms with Crippen molar-refractivity contribution in [2.45, 2.75) is 316 Å². The van der Waals surface area contributed by atoms with Crippen LogP contribution in [-0.4, -0.2) is 37.2 Å². The average molecular weight is 1110 g/mol. The third-order valence-corrected chi connectivity index (χ3v) is 14.2. The van der Waals surface area contributed by atoms with E-state index in [2.05, 4.69) is 142 Å². The lowest BCUT2D eigenvalue weighted by Gasteiger charge is -2.18. The molecule has 1 unspecified atom stereocenters. The van der Waals surface area contributed by atoms with Gasteiger partial charge in [-0.1, -0.05) is 303 Å². The van der Waals surface area contributed by atoms with Gasteiger partial charge in [0.1, 0.15) is 13.2 Å². The first-order valence-electron chi connectivity index (χ1n) is 33.5. The maximum Gasteiger partial charge on any atom is 0.306 e. The van der Waals surface area contributed by atoms with Crippen molar-refractivity contribution in [3.63, 3.8) is 0 Å². The van der Waals surface area contributed by atoms with Gasteiger partial charge in [-0.3, -0.25) is 14.4 Å². The Hall–Kier alpha value is -4.19. The summed E-state index contributed by atoms with van der Waals surface area (Å²) in [4.78, 5) is 38.3. The maximum absolute atomic E-state index is 12.9. The quantitative estimate of drug-likeness (QED) is 0.0261. The van der Waals surface area contributed by atoms with Crippen LogP contribution in [0.2, 0.25) is 0 Å². The predicted octanol–water partition coefficient (Wildman–Crippen LogP) is 23.2. The highest BCUT2D eigenvalue weighted by Crippen LogP contribution is 2.17. The summed E-state index contributed by atoms with van der Waals surface area (Å²) in [6.45, 7) is 6.48. The van der Waals surface area contributed by atoms with Crippen LogP contribution in [0.4, 0.5) is 0 Å². The van der Waals surface area contributed by atoms with Gasteiger partial charge in [-0.05, 0) is 109 Å². The van der Waals surface area contributed by atoms with Gasteiger partial charge in [-0.2, -0.15) is 0 Å². The van der Waals surface area contributed by atoms with Crippen LogP contribution in [0.3, 0.4) is 0 Å². The van der Waals surface area contributed by atoms with Crippen LogP contribution < -0.4 is 0 Å². The van der Waals surface area contributed by atoms with E-state index in [-0.39, 0.29) is 37.5 Å².